The van der Waals surface area contributed by atoms with Gasteiger partial charge in [-0.15, -0.1) is 0 Å². The molecule has 0 aliphatic carbocycles. The number of rotatable bonds is 5. The maximum absolute atomic E-state index is 13.4. The Hall–Kier alpha value is -2.19. The van der Waals surface area contributed by atoms with Gasteiger partial charge in [-0.3, -0.25) is 0 Å². The van der Waals surface area contributed by atoms with E-state index >= 15 is 0 Å². The van der Waals surface area contributed by atoms with Gasteiger partial charge in [-0.1, -0.05) is 12.1 Å². The molecule has 1 heterocycles. The van der Waals surface area contributed by atoms with Gasteiger partial charge in [-0.05, 0) is 31.2 Å². The minimum Gasteiger partial charge on any atom is -0.492 e. The molecule has 0 atom stereocenters. The number of halogens is 2. The fourth-order valence-corrected chi connectivity index (χ4v) is 4.46. The topological polar surface area (TPSA) is 49.9 Å². The molecule has 1 fully saturated rings. The van der Waals surface area contributed by atoms with Gasteiger partial charge in [0.25, 0.3) is 0 Å². The van der Waals surface area contributed by atoms with Gasteiger partial charge in [-0.25, -0.2) is 17.2 Å². The lowest BCUT2D eigenvalue weighted by Crippen LogP contribution is -2.48. The largest absolute Gasteiger partial charge is 0.492 e. The first-order chi connectivity index (χ1) is 12.4. The maximum Gasteiger partial charge on any atom is 0.243 e. The highest BCUT2D eigenvalue weighted by Crippen LogP contribution is 2.29. The molecule has 0 bridgehead atoms. The summed E-state index contributed by atoms with van der Waals surface area (Å²) < 4.78 is 58.9. The van der Waals surface area contributed by atoms with E-state index in [1.54, 1.807) is 0 Å². The molecule has 5 nitrogen and oxygen atoms in total. The van der Waals surface area contributed by atoms with E-state index in [2.05, 4.69) is 0 Å². The Balaban J connectivity index is 1.76. The molecular formula is C18H20F2N2O3S. The lowest BCUT2D eigenvalue weighted by atomic mass is 10.2. The van der Waals surface area contributed by atoms with E-state index in [0.29, 0.717) is 25.8 Å². The quantitative estimate of drug-likeness (QED) is 0.798. The van der Waals surface area contributed by atoms with E-state index in [1.807, 2.05) is 36.1 Å². The lowest BCUT2D eigenvalue weighted by molar-refractivity contribution is 0.336. The second-order valence-corrected chi connectivity index (χ2v) is 7.83. The Kier molecular flexibility index (Phi) is 5.43. The molecule has 1 aliphatic heterocycles. The van der Waals surface area contributed by atoms with Gasteiger partial charge in [0.1, 0.15) is 17.4 Å². The molecular weight excluding hydrogens is 362 g/mol. The summed E-state index contributed by atoms with van der Waals surface area (Å²) in [6, 6.07) is 9.92. The predicted molar refractivity (Wildman–Crippen MR) is 94.9 cm³/mol. The number of hydrogen-bond donors (Lipinski definition) is 0. The summed E-state index contributed by atoms with van der Waals surface area (Å²) in [4.78, 5) is 1.68. The molecule has 26 heavy (non-hydrogen) atoms. The van der Waals surface area contributed by atoms with E-state index in [0.717, 1.165) is 23.6 Å². The van der Waals surface area contributed by atoms with Crippen molar-refractivity contribution in [2.45, 2.75) is 11.8 Å². The number of piperazine rings is 1. The Morgan fingerprint density at radius 1 is 1.00 bits per heavy atom. The molecule has 1 saturated heterocycles. The number of ether oxygens (including phenoxy) is 1. The van der Waals surface area contributed by atoms with Gasteiger partial charge in [0.15, 0.2) is 0 Å². The van der Waals surface area contributed by atoms with Crippen LogP contribution in [0.5, 0.6) is 5.75 Å². The highest BCUT2D eigenvalue weighted by atomic mass is 32.2. The van der Waals surface area contributed by atoms with E-state index in [1.165, 1.54) is 4.31 Å². The minimum atomic E-state index is -3.94. The molecule has 3 rings (SSSR count). The summed E-state index contributed by atoms with van der Waals surface area (Å²) in [6.07, 6.45) is 0. The average molecular weight is 382 g/mol. The third-order valence-electron chi connectivity index (χ3n) is 4.22. The smallest absolute Gasteiger partial charge is 0.243 e. The lowest BCUT2D eigenvalue weighted by Gasteiger charge is -2.36. The van der Waals surface area contributed by atoms with E-state index in [-0.39, 0.29) is 18.0 Å². The van der Waals surface area contributed by atoms with Crippen LogP contribution in [0, 0.1) is 11.6 Å². The van der Waals surface area contributed by atoms with Crippen molar-refractivity contribution in [3.8, 4) is 5.75 Å². The first kappa shape index (κ1) is 18.6. The molecule has 0 unspecified atom stereocenters. The Labute approximate surface area is 151 Å². The number of anilines is 1. The first-order valence-electron chi connectivity index (χ1n) is 8.35. The van der Waals surface area contributed by atoms with Gasteiger partial charge < -0.3 is 9.64 Å². The third-order valence-corrected chi connectivity index (χ3v) is 6.09. The zero-order valence-corrected chi connectivity index (χ0v) is 15.2. The standard InChI is InChI=1S/C18H20F2N2O3S/c1-2-25-18-6-4-3-5-17(18)21-7-9-22(10-8-21)26(23,24)16-12-14(19)11-15(20)13-16/h3-6,11-13H,2,7-10H2,1H3. The Morgan fingerprint density at radius 3 is 2.23 bits per heavy atom. The fourth-order valence-electron chi connectivity index (χ4n) is 2.99. The highest BCUT2D eigenvalue weighted by Gasteiger charge is 2.30. The summed E-state index contributed by atoms with van der Waals surface area (Å²) in [5.41, 5.74) is 0.906. The number of benzene rings is 2. The van der Waals surface area contributed by atoms with Gasteiger partial charge in [0.2, 0.25) is 10.0 Å². The van der Waals surface area contributed by atoms with Crippen LogP contribution in [0.15, 0.2) is 47.4 Å². The van der Waals surface area contributed by atoms with Crippen LogP contribution >= 0.6 is 0 Å². The normalized spacial score (nSPS) is 15.9. The number of sulfonamides is 1. The second-order valence-electron chi connectivity index (χ2n) is 5.90. The summed E-state index contributed by atoms with van der Waals surface area (Å²) in [5.74, 6) is -1.07. The zero-order chi connectivity index (χ0) is 18.7. The highest BCUT2D eigenvalue weighted by molar-refractivity contribution is 7.89. The third kappa shape index (κ3) is 3.81. The second kappa shape index (κ2) is 7.59. The monoisotopic (exact) mass is 382 g/mol. The van der Waals surface area contributed by atoms with Crippen molar-refractivity contribution in [3.63, 3.8) is 0 Å². The molecule has 8 heteroatoms. The van der Waals surface area contributed by atoms with Crippen molar-refractivity contribution in [1.82, 2.24) is 4.31 Å². The number of para-hydroxylation sites is 2. The molecule has 0 amide bonds. The minimum absolute atomic E-state index is 0.223. The number of nitrogens with zero attached hydrogens (tertiary/aromatic N) is 2. The average Bonchev–Trinajstić information content (AvgIpc) is 2.62. The van der Waals surface area contributed by atoms with Crippen LogP contribution in [-0.4, -0.2) is 45.5 Å². The fraction of sp³-hybridized carbons (Fsp3) is 0.333. The molecule has 140 valence electrons. The van der Waals surface area contributed by atoms with Crippen molar-refractivity contribution in [2.75, 3.05) is 37.7 Å². The summed E-state index contributed by atoms with van der Waals surface area (Å²) in [5, 5.41) is 0. The van der Waals surface area contributed by atoms with Crippen molar-refractivity contribution in [3.05, 3.63) is 54.1 Å². The number of hydrogen-bond acceptors (Lipinski definition) is 4. The molecule has 0 radical (unpaired) electrons. The molecule has 0 saturated carbocycles. The van der Waals surface area contributed by atoms with Crippen molar-refractivity contribution in [1.29, 1.82) is 0 Å². The predicted octanol–water partition coefficient (Wildman–Crippen LogP) is 2.87. The van der Waals surface area contributed by atoms with Crippen LogP contribution in [0.4, 0.5) is 14.5 Å². The zero-order valence-electron chi connectivity index (χ0n) is 14.4. The van der Waals surface area contributed by atoms with Crippen LogP contribution in [-0.2, 0) is 10.0 Å². The van der Waals surface area contributed by atoms with Crippen LogP contribution in [0.25, 0.3) is 0 Å². The Bertz CT molecular complexity index is 862. The molecule has 0 aromatic heterocycles. The molecule has 2 aromatic carbocycles. The van der Waals surface area contributed by atoms with Crippen LogP contribution in [0.3, 0.4) is 0 Å². The molecule has 2 aromatic rings. The van der Waals surface area contributed by atoms with Crippen molar-refractivity contribution < 1.29 is 21.9 Å². The molecule has 1 aliphatic rings. The summed E-state index contributed by atoms with van der Waals surface area (Å²) >= 11 is 0. The van der Waals surface area contributed by atoms with Crippen LogP contribution < -0.4 is 9.64 Å². The van der Waals surface area contributed by atoms with Crippen LogP contribution in [0.2, 0.25) is 0 Å². The molecule has 0 spiro atoms. The maximum atomic E-state index is 13.4. The van der Waals surface area contributed by atoms with Gasteiger partial charge in [-0.2, -0.15) is 4.31 Å². The first-order valence-corrected chi connectivity index (χ1v) is 9.79. The SMILES string of the molecule is CCOc1ccccc1N1CCN(S(=O)(=O)c2cc(F)cc(F)c2)CC1. The Morgan fingerprint density at radius 2 is 1.62 bits per heavy atom. The van der Waals surface area contributed by atoms with Gasteiger partial charge in [0, 0.05) is 32.2 Å². The van der Waals surface area contributed by atoms with Gasteiger partial charge >= 0.3 is 0 Å². The van der Waals surface area contributed by atoms with Crippen molar-refractivity contribution in [2.24, 2.45) is 0 Å². The molecule has 0 N–H and O–H groups in total. The van der Waals surface area contributed by atoms with E-state index < -0.39 is 21.7 Å². The summed E-state index contributed by atoms with van der Waals surface area (Å²) in [7, 11) is -3.94. The van der Waals surface area contributed by atoms with E-state index in [9.17, 15) is 17.2 Å². The van der Waals surface area contributed by atoms with E-state index in [4.69, 9.17) is 4.74 Å². The van der Waals surface area contributed by atoms with Crippen molar-refractivity contribution >= 4 is 15.7 Å². The van der Waals surface area contributed by atoms with Gasteiger partial charge in [0.05, 0.1) is 17.2 Å². The summed E-state index contributed by atoms with van der Waals surface area (Å²) in [6.45, 7) is 3.81. The van der Waals surface area contributed by atoms with Crippen LogP contribution in [0.1, 0.15) is 6.92 Å².